The predicted octanol–water partition coefficient (Wildman–Crippen LogP) is 2.22. The van der Waals surface area contributed by atoms with Gasteiger partial charge in [-0.15, -0.1) is 0 Å². The van der Waals surface area contributed by atoms with E-state index in [1.807, 2.05) is 29.2 Å². The SMILES string of the molecule is CC1CCc2ncnc(N3CCN(C(=O)[C@H](CN4CCN(CCO)CC4)c4ccc(Cl)cc4)CC3)c21. The number of aliphatic hydroxyl groups is 1. The standard InChI is InChI=1S/C27H37ClN6O2/c1-20-2-7-24-25(20)26(30-19-29-24)33-12-14-34(15-13-33)27(36)23(21-3-5-22(28)6-4-21)18-32-10-8-31(9-11-32)16-17-35/h3-6,19-20,23,35H,2,7-18H2,1H3/t20?,23-/m1/s1. The third-order valence-electron chi connectivity index (χ3n) is 8.04. The van der Waals surface area contributed by atoms with Crippen LogP contribution in [-0.2, 0) is 11.2 Å². The highest BCUT2D eigenvalue weighted by atomic mass is 35.5. The molecule has 9 heteroatoms. The molecule has 8 nitrogen and oxygen atoms in total. The second-order valence-corrected chi connectivity index (χ2v) is 10.7. The number of amides is 1. The lowest BCUT2D eigenvalue weighted by molar-refractivity contribution is -0.133. The Balaban J connectivity index is 1.26. The maximum Gasteiger partial charge on any atom is 0.231 e. The van der Waals surface area contributed by atoms with E-state index in [1.54, 1.807) is 6.33 Å². The van der Waals surface area contributed by atoms with E-state index in [9.17, 15) is 9.90 Å². The van der Waals surface area contributed by atoms with E-state index in [1.165, 1.54) is 11.3 Å². The molecule has 1 N–H and O–H groups in total. The zero-order valence-corrected chi connectivity index (χ0v) is 21.9. The fourth-order valence-corrected chi connectivity index (χ4v) is 5.98. The van der Waals surface area contributed by atoms with Crippen LogP contribution in [0.1, 0.15) is 42.0 Å². The monoisotopic (exact) mass is 512 g/mol. The van der Waals surface area contributed by atoms with Gasteiger partial charge in [0.2, 0.25) is 5.91 Å². The maximum absolute atomic E-state index is 13.9. The number of halogens is 1. The van der Waals surface area contributed by atoms with Gasteiger partial charge in [0.25, 0.3) is 0 Å². The Morgan fingerprint density at radius 3 is 2.42 bits per heavy atom. The summed E-state index contributed by atoms with van der Waals surface area (Å²) < 4.78 is 0. The minimum Gasteiger partial charge on any atom is -0.395 e. The van der Waals surface area contributed by atoms with Crippen molar-refractivity contribution in [1.82, 2.24) is 24.7 Å². The number of nitrogens with zero attached hydrogens (tertiary/aromatic N) is 6. The average molecular weight is 513 g/mol. The average Bonchev–Trinajstić information content (AvgIpc) is 3.30. The zero-order chi connectivity index (χ0) is 25.1. The molecule has 1 aromatic heterocycles. The van der Waals surface area contributed by atoms with E-state index in [0.717, 1.165) is 63.5 Å². The lowest BCUT2D eigenvalue weighted by Crippen LogP contribution is -2.53. The summed E-state index contributed by atoms with van der Waals surface area (Å²) in [5, 5.41) is 9.92. The molecule has 3 aliphatic rings. The Hall–Kier alpha value is -2.26. The fourth-order valence-electron chi connectivity index (χ4n) is 5.85. The highest BCUT2D eigenvalue weighted by Crippen LogP contribution is 2.37. The smallest absolute Gasteiger partial charge is 0.231 e. The summed E-state index contributed by atoms with van der Waals surface area (Å²) >= 11 is 6.16. The van der Waals surface area contributed by atoms with Gasteiger partial charge in [-0.1, -0.05) is 30.7 Å². The Bertz CT molecular complexity index is 1040. The van der Waals surface area contributed by atoms with E-state index >= 15 is 0 Å². The minimum absolute atomic E-state index is 0.189. The number of fused-ring (bicyclic) bond motifs is 1. The minimum atomic E-state index is -0.221. The molecular weight excluding hydrogens is 476 g/mol. The third-order valence-corrected chi connectivity index (χ3v) is 8.29. The van der Waals surface area contributed by atoms with Crippen molar-refractivity contribution in [2.24, 2.45) is 0 Å². The molecule has 2 saturated heterocycles. The lowest BCUT2D eigenvalue weighted by Gasteiger charge is -2.40. The summed E-state index contributed by atoms with van der Waals surface area (Å²) in [6.45, 7) is 10.5. The summed E-state index contributed by atoms with van der Waals surface area (Å²) in [5.74, 6) is 1.52. The number of aliphatic hydroxyl groups excluding tert-OH is 1. The quantitative estimate of drug-likeness (QED) is 0.609. The van der Waals surface area contributed by atoms with Gasteiger partial charge in [-0.2, -0.15) is 0 Å². The van der Waals surface area contributed by atoms with E-state index in [-0.39, 0.29) is 18.4 Å². The van der Waals surface area contributed by atoms with Gasteiger partial charge in [-0.25, -0.2) is 9.97 Å². The van der Waals surface area contributed by atoms with Crippen molar-refractivity contribution < 1.29 is 9.90 Å². The number of aromatic nitrogens is 2. The molecule has 36 heavy (non-hydrogen) atoms. The Morgan fingerprint density at radius 2 is 1.72 bits per heavy atom. The van der Waals surface area contributed by atoms with Crippen LogP contribution < -0.4 is 4.90 Å². The van der Waals surface area contributed by atoms with Crippen LogP contribution in [0.25, 0.3) is 0 Å². The first-order valence-electron chi connectivity index (χ1n) is 13.2. The van der Waals surface area contributed by atoms with Crippen LogP contribution in [0.3, 0.4) is 0 Å². The maximum atomic E-state index is 13.9. The molecule has 2 aromatic rings. The third kappa shape index (κ3) is 5.52. The van der Waals surface area contributed by atoms with Gasteiger partial charge in [0.05, 0.1) is 12.5 Å². The lowest BCUT2D eigenvalue weighted by atomic mass is 9.96. The number of hydrogen-bond donors (Lipinski definition) is 1. The van der Waals surface area contributed by atoms with Crippen LogP contribution in [0.15, 0.2) is 30.6 Å². The second kappa shape index (κ2) is 11.4. The number of carbonyl (C=O) groups excluding carboxylic acids is 1. The van der Waals surface area contributed by atoms with Crippen molar-refractivity contribution in [3.8, 4) is 0 Å². The number of piperazine rings is 2. The molecule has 1 aliphatic carbocycles. The van der Waals surface area contributed by atoms with Gasteiger partial charge in [0.1, 0.15) is 12.1 Å². The summed E-state index contributed by atoms with van der Waals surface area (Å²) in [5.41, 5.74) is 3.51. The van der Waals surface area contributed by atoms with Gasteiger partial charge in [0.15, 0.2) is 0 Å². The Kier molecular flexibility index (Phi) is 8.06. The largest absolute Gasteiger partial charge is 0.395 e. The highest BCUT2D eigenvalue weighted by molar-refractivity contribution is 6.30. The van der Waals surface area contributed by atoms with Crippen molar-refractivity contribution in [3.63, 3.8) is 0 Å². The first-order chi connectivity index (χ1) is 17.5. The van der Waals surface area contributed by atoms with Crippen molar-refractivity contribution >= 4 is 23.3 Å². The number of hydrogen-bond acceptors (Lipinski definition) is 7. The van der Waals surface area contributed by atoms with Crippen LogP contribution in [0.2, 0.25) is 5.02 Å². The molecule has 2 fully saturated rings. The number of β-amino-alcohol motifs (C(OH)–C–C–N with tert-alkyl or cyclic N) is 1. The second-order valence-electron chi connectivity index (χ2n) is 10.3. The van der Waals surface area contributed by atoms with Gasteiger partial charge < -0.3 is 14.9 Å². The molecule has 0 saturated carbocycles. The molecule has 5 rings (SSSR count). The molecule has 2 atom stereocenters. The molecule has 0 bridgehead atoms. The van der Waals surface area contributed by atoms with Crippen LogP contribution in [0, 0.1) is 0 Å². The summed E-state index contributed by atoms with van der Waals surface area (Å²) in [4.78, 5) is 32.1. The van der Waals surface area contributed by atoms with Crippen molar-refractivity contribution in [2.45, 2.75) is 31.6 Å². The molecule has 0 spiro atoms. The molecule has 1 unspecified atom stereocenters. The van der Waals surface area contributed by atoms with Crippen LogP contribution >= 0.6 is 11.6 Å². The van der Waals surface area contributed by atoms with Gasteiger partial charge in [-0.3, -0.25) is 14.6 Å². The summed E-state index contributed by atoms with van der Waals surface area (Å²) in [7, 11) is 0. The first kappa shape index (κ1) is 25.4. The zero-order valence-electron chi connectivity index (χ0n) is 21.2. The Morgan fingerprint density at radius 1 is 1.03 bits per heavy atom. The van der Waals surface area contributed by atoms with Crippen molar-refractivity contribution in [3.05, 3.63) is 52.4 Å². The van der Waals surface area contributed by atoms with Gasteiger partial charge in [-0.05, 0) is 36.5 Å². The molecule has 3 heterocycles. The summed E-state index contributed by atoms with van der Waals surface area (Å²) in [6, 6.07) is 7.75. The van der Waals surface area contributed by atoms with E-state index in [2.05, 4.69) is 31.6 Å². The first-order valence-corrected chi connectivity index (χ1v) is 13.6. The van der Waals surface area contributed by atoms with Crippen LogP contribution in [0.4, 0.5) is 5.82 Å². The highest BCUT2D eigenvalue weighted by Gasteiger charge is 2.33. The normalized spacial score (nSPS) is 22.0. The Labute approximate surface area is 218 Å². The summed E-state index contributed by atoms with van der Waals surface area (Å²) in [6.07, 6.45) is 3.86. The van der Waals surface area contributed by atoms with Crippen molar-refractivity contribution in [2.75, 3.05) is 77.0 Å². The number of rotatable bonds is 7. The predicted molar refractivity (Wildman–Crippen MR) is 142 cm³/mol. The number of benzene rings is 1. The van der Waals surface area contributed by atoms with E-state index in [4.69, 9.17) is 11.6 Å². The topological polar surface area (TPSA) is 76.0 Å². The van der Waals surface area contributed by atoms with Crippen LogP contribution in [-0.4, -0.2) is 108 Å². The molecule has 1 amide bonds. The number of anilines is 1. The fraction of sp³-hybridized carbons (Fsp3) is 0.593. The van der Waals surface area contributed by atoms with Crippen molar-refractivity contribution in [1.29, 1.82) is 0 Å². The molecule has 2 aliphatic heterocycles. The number of carbonyl (C=O) groups is 1. The van der Waals surface area contributed by atoms with Gasteiger partial charge >= 0.3 is 0 Å². The van der Waals surface area contributed by atoms with Crippen LogP contribution in [0.5, 0.6) is 0 Å². The van der Waals surface area contributed by atoms with E-state index in [0.29, 0.717) is 37.1 Å². The molecule has 194 valence electrons. The molecule has 1 aromatic carbocycles. The molecule has 0 radical (unpaired) electrons. The number of aryl methyl sites for hydroxylation is 1. The van der Waals surface area contributed by atoms with E-state index < -0.39 is 0 Å². The molecular formula is C27H37ClN6O2. The van der Waals surface area contributed by atoms with Gasteiger partial charge in [0, 0.05) is 81.7 Å².